The molecule has 3 N–H and O–H groups in total. The smallest absolute Gasteiger partial charge is 0.344 e. The van der Waals surface area contributed by atoms with E-state index in [0.717, 1.165) is 0 Å². The van der Waals surface area contributed by atoms with Crippen LogP contribution in [0.4, 0.5) is 0 Å². The molecule has 7 heteroatoms. The highest BCUT2D eigenvalue weighted by atomic mass is 16.8. The molecule has 90 valence electrons. The minimum atomic E-state index is -1.94. The Morgan fingerprint density at radius 1 is 1.38 bits per heavy atom. The van der Waals surface area contributed by atoms with Crippen LogP contribution in [0.5, 0.6) is 0 Å². The summed E-state index contributed by atoms with van der Waals surface area (Å²) in [6, 6.07) is 0. The average Bonchev–Trinajstić information content (AvgIpc) is 2.64. The summed E-state index contributed by atoms with van der Waals surface area (Å²) in [6.45, 7) is -0.104. The lowest BCUT2D eigenvalue weighted by Crippen LogP contribution is -2.63. The standard InChI is InChI=1S/C9H12O7/c10-4-3-14-9-6(4)15-7(12)8(9,13)2-1-5(11)16-9/h4-6,10-11,13H,1-3H2/t4-,5+,6+,8+,9+/m0/s1. The van der Waals surface area contributed by atoms with Gasteiger partial charge in [0.2, 0.25) is 5.60 Å². The van der Waals surface area contributed by atoms with Crippen LogP contribution in [-0.4, -0.2) is 57.8 Å². The van der Waals surface area contributed by atoms with Crippen molar-refractivity contribution in [3.63, 3.8) is 0 Å². The van der Waals surface area contributed by atoms with Crippen molar-refractivity contribution in [3.05, 3.63) is 0 Å². The number of rotatable bonds is 0. The van der Waals surface area contributed by atoms with E-state index >= 15 is 0 Å². The Labute approximate surface area is 90.5 Å². The van der Waals surface area contributed by atoms with Crippen molar-refractivity contribution in [3.8, 4) is 0 Å². The van der Waals surface area contributed by atoms with Gasteiger partial charge in [-0.1, -0.05) is 0 Å². The monoisotopic (exact) mass is 232 g/mol. The van der Waals surface area contributed by atoms with Gasteiger partial charge in [-0.15, -0.1) is 0 Å². The van der Waals surface area contributed by atoms with Crippen LogP contribution in [0.25, 0.3) is 0 Å². The van der Waals surface area contributed by atoms with Gasteiger partial charge < -0.3 is 29.5 Å². The second kappa shape index (κ2) is 2.93. The lowest BCUT2D eigenvalue weighted by atomic mass is 9.84. The van der Waals surface area contributed by atoms with E-state index in [9.17, 15) is 20.1 Å². The number of esters is 1. The molecule has 0 bridgehead atoms. The van der Waals surface area contributed by atoms with Crippen molar-refractivity contribution < 1.29 is 34.3 Å². The molecule has 3 rings (SSSR count). The molecule has 0 saturated carbocycles. The van der Waals surface area contributed by atoms with Crippen LogP contribution in [0.3, 0.4) is 0 Å². The molecule has 0 aromatic heterocycles. The maximum Gasteiger partial charge on any atom is 0.344 e. The van der Waals surface area contributed by atoms with Crippen LogP contribution in [0.1, 0.15) is 12.8 Å². The minimum absolute atomic E-state index is 0.0176. The van der Waals surface area contributed by atoms with Gasteiger partial charge in [0, 0.05) is 6.42 Å². The van der Waals surface area contributed by atoms with Crippen LogP contribution < -0.4 is 0 Å². The summed E-state index contributed by atoms with van der Waals surface area (Å²) in [5.74, 6) is -2.63. The molecule has 1 spiro atoms. The Morgan fingerprint density at radius 3 is 2.88 bits per heavy atom. The molecule has 16 heavy (non-hydrogen) atoms. The molecule has 0 amide bonds. The fourth-order valence-corrected chi connectivity index (χ4v) is 2.57. The molecule has 3 aliphatic rings. The number of aliphatic hydroxyl groups excluding tert-OH is 2. The van der Waals surface area contributed by atoms with E-state index in [-0.39, 0.29) is 19.4 Å². The first-order valence-corrected chi connectivity index (χ1v) is 5.11. The topological polar surface area (TPSA) is 105 Å². The lowest BCUT2D eigenvalue weighted by Gasteiger charge is -2.41. The summed E-state index contributed by atoms with van der Waals surface area (Å²) in [5, 5.41) is 29.2. The SMILES string of the molecule is O=C1O[C@@H]2[C@@H](O)CO[C@@]23O[C@@H](O)CC[C@@]13O. The lowest BCUT2D eigenvalue weighted by molar-refractivity contribution is -0.360. The van der Waals surface area contributed by atoms with Gasteiger partial charge in [-0.25, -0.2) is 4.79 Å². The van der Waals surface area contributed by atoms with Gasteiger partial charge in [-0.3, -0.25) is 0 Å². The fourth-order valence-electron chi connectivity index (χ4n) is 2.57. The number of ether oxygens (including phenoxy) is 3. The molecule has 0 aromatic carbocycles. The van der Waals surface area contributed by atoms with Gasteiger partial charge in [0.25, 0.3) is 5.79 Å². The molecule has 0 aromatic rings. The summed E-state index contributed by atoms with van der Waals surface area (Å²) >= 11 is 0. The molecule has 3 heterocycles. The maximum atomic E-state index is 11.6. The summed E-state index contributed by atoms with van der Waals surface area (Å²) in [7, 11) is 0. The van der Waals surface area contributed by atoms with E-state index in [1.54, 1.807) is 0 Å². The molecule has 5 atom stereocenters. The Bertz CT molecular complexity index is 345. The molecular formula is C9H12O7. The number of carbonyl (C=O) groups excluding carboxylic acids is 1. The predicted octanol–water partition coefficient (Wildman–Crippen LogP) is -2.14. The van der Waals surface area contributed by atoms with Crippen molar-refractivity contribution >= 4 is 5.97 Å². The van der Waals surface area contributed by atoms with Crippen molar-refractivity contribution in [2.45, 2.75) is 42.7 Å². The second-order valence-electron chi connectivity index (χ2n) is 4.34. The average molecular weight is 232 g/mol. The van der Waals surface area contributed by atoms with Gasteiger partial charge in [0.1, 0.15) is 6.10 Å². The van der Waals surface area contributed by atoms with Crippen molar-refractivity contribution in [1.29, 1.82) is 0 Å². The largest absolute Gasteiger partial charge is 0.451 e. The molecule has 3 fully saturated rings. The molecule has 0 unspecified atom stereocenters. The van der Waals surface area contributed by atoms with E-state index in [0.29, 0.717) is 0 Å². The Hall–Kier alpha value is -0.730. The maximum absolute atomic E-state index is 11.6. The van der Waals surface area contributed by atoms with E-state index < -0.39 is 35.9 Å². The van der Waals surface area contributed by atoms with Crippen molar-refractivity contribution in [2.24, 2.45) is 0 Å². The van der Waals surface area contributed by atoms with E-state index in [4.69, 9.17) is 14.2 Å². The van der Waals surface area contributed by atoms with E-state index in [2.05, 4.69) is 0 Å². The quantitative estimate of drug-likeness (QED) is 0.409. The fraction of sp³-hybridized carbons (Fsp3) is 0.889. The van der Waals surface area contributed by atoms with Gasteiger partial charge in [0.15, 0.2) is 12.4 Å². The summed E-state index contributed by atoms with van der Waals surface area (Å²) in [5.41, 5.74) is -1.94. The summed E-state index contributed by atoms with van der Waals surface area (Å²) < 4.78 is 15.2. The van der Waals surface area contributed by atoms with Crippen LogP contribution in [0.15, 0.2) is 0 Å². The Balaban J connectivity index is 2.06. The number of aliphatic hydroxyl groups is 3. The molecule has 0 aliphatic carbocycles. The third-order valence-electron chi connectivity index (χ3n) is 3.40. The van der Waals surface area contributed by atoms with Gasteiger partial charge in [0.05, 0.1) is 6.61 Å². The zero-order valence-corrected chi connectivity index (χ0v) is 8.33. The normalized spacial score (nSPS) is 55.7. The third kappa shape index (κ3) is 0.975. The summed E-state index contributed by atoms with van der Waals surface area (Å²) in [6.07, 6.45) is -3.18. The van der Waals surface area contributed by atoms with Crippen LogP contribution in [0, 0.1) is 0 Å². The Kier molecular flexibility index (Phi) is 1.91. The highest BCUT2D eigenvalue weighted by Crippen LogP contribution is 2.51. The van der Waals surface area contributed by atoms with Gasteiger partial charge in [-0.2, -0.15) is 0 Å². The van der Waals surface area contributed by atoms with E-state index in [1.165, 1.54) is 0 Å². The molecule has 0 radical (unpaired) electrons. The van der Waals surface area contributed by atoms with Crippen molar-refractivity contribution in [1.82, 2.24) is 0 Å². The van der Waals surface area contributed by atoms with Crippen LogP contribution in [0.2, 0.25) is 0 Å². The van der Waals surface area contributed by atoms with Crippen molar-refractivity contribution in [2.75, 3.05) is 6.61 Å². The van der Waals surface area contributed by atoms with Gasteiger partial charge in [-0.05, 0) is 6.42 Å². The number of hydrogen-bond acceptors (Lipinski definition) is 7. The summed E-state index contributed by atoms with van der Waals surface area (Å²) in [4.78, 5) is 11.6. The predicted molar refractivity (Wildman–Crippen MR) is 45.8 cm³/mol. The zero-order valence-electron chi connectivity index (χ0n) is 8.33. The minimum Gasteiger partial charge on any atom is -0.451 e. The Morgan fingerprint density at radius 2 is 2.12 bits per heavy atom. The van der Waals surface area contributed by atoms with Crippen LogP contribution >= 0.6 is 0 Å². The number of carbonyl (C=O) groups is 1. The second-order valence-corrected chi connectivity index (χ2v) is 4.34. The number of hydrogen-bond donors (Lipinski definition) is 3. The van der Waals surface area contributed by atoms with Crippen LogP contribution in [-0.2, 0) is 19.0 Å². The first-order valence-electron chi connectivity index (χ1n) is 5.11. The third-order valence-corrected chi connectivity index (χ3v) is 3.40. The zero-order chi connectivity index (χ0) is 11.6. The van der Waals surface area contributed by atoms with Gasteiger partial charge >= 0.3 is 5.97 Å². The first-order chi connectivity index (χ1) is 7.49. The first kappa shape index (κ1) is 10.4. The highest BCUT2D eigenvalue weighted by Gasteiger charge is 2.76. The molecular weight excluding hydrogens is 220 g/mol. The van der Waals surface area contributed by atoms with E-state index in [1.807, 2.05) is 0 Å². The molecule has 3 saturated heterocycles. The highest BCUT2D eigenvalue weighted by molar-refractivity contribution is 5.84. The molecule has 3 aliphatic heterocycles. The molecule has 7 nitrogen and oxygen atoms in total.